The summed E-state index contributed by atoms with van der Waals surface area (Å²) in [6.07, 6.45) is 2.75. The number of nitrogens with one attached hydrogen (secondary N) is 2. The Balaban J connectivity index is 1.98. The molecule has 116 valence electrons. The fourth-order valence-corrected chi connectivity index (χ4v) is 2.29. The second kappa shape index (κ2) is 6.45. The minimum atomic E-state index is -0.708. The summed E-state index contributed by atoms with van der Waals surface area (Å²) < 4.78 is 5.62. The van der Waals surface area contributed by atoms with Gasteiger partial charge in [-0.3, -0.25) is 5.10 Å². The van der Waals surface area contributed by atoms with Gasteiger partial charge < -0.3 is 14.8 Å². The van der Waals surface area contributed by atoms with E-state index in [4.69, 9.17) is 4.42 Å². The molecule has 2 heterocycles. The fourth-order valence-electron chi connectivity index (χ4n) is 2.29. The fraction of sp³-hybridized carbons (Fsp3) is 0.562. The molecule has 0 radical (unpaired) electrons. The molecular formula is C16H25N3O2. The first-order chi connectivity index (χ1) is 9.94. The summed E-state index contributed by atoms with van der Waals surface area (Å²) in [6.45, 7) is 9.13. The first-order valence-electron chi connectivity index (χ1n) is 7.46. The zero-order valence-electron chi connectivity index (χ0n) is 13.2. The average Bonchev–Trinajstić information content (AvgIpc) is 3.06. The van der Waals surface area contributed by atoms with Gasteiger partial charge in [-0.05, 0) is 31.9 Å². The number of nitrogens with zero attached hydrogens (tertiary/aromatic N) is 1. The van der Waals surface area contributed by atoms with Crippen LogP contribution in [0.4, 0.5) is 0 Å². The Kier molecular flexibility index (Phi) is 4.85. The van der Waals surface area contributed by atoms with Crippen molar-refractivity contribution >= 4 is 0 Å². The summed E-state index contributed by atoms with van der Waals surface area (Å²) >= 11 is 0. The van der Waals surface area contributed by atoms with Crippen molar-refractivity contribution in [3.63, 3.8) is 0 Å². The van der Waals surface area contributed by atoms with Gasteiger partial charge in [-0.25, -0.2) is 0 Å². The van der Waals surface area contributed by atoms with Gasteiger partial charge in [0.05, 0.1) is 11.8 Å². The molecule has 0 aliphatic rings. The molecule has 5 nitrogen and oxygen atoms in total. The van der Waals surface area contributed by atoms with Crippen LogP contribution < -0.4 is 5.32 Å². The molecule has 0 spiro atoms. The smallest absolute Gasteiger partial charge is 0.152 e. The molecule has 0 saturated carbocycles. The molecule has 0 aromatic carbocycles. The first kappa shape index (κ1) is 15.8. The lowest BCUT2D eigenvalue weighted by molar-refractivity contribution is 0.00535. The van der Waals surface area contributed by atoms with Gasteiger partial charge in [0.1, 0.15) is 11.5 Å². The van der Waals surface area contributed by atoms with E-state index in [1.165, 1.54) is 0 Å². The van der Waals surface area contributed by atoms with Crippen LogP contribution in [-0.4, -0.2) is 27.4 Å². The van der Waals surface area contributed by atoms with E-state index < -0.39 is 5.60 Å². The molecule has 0 aliphatic carbocycles. The quantitative estimate of drug-likeness (QED) is 0.733. The van der Waals surface area contributed by atoms with E-state index in [1.807, 2.05) is 26.0 Å². The Morgan fingerprint density at radius 2 is 2.24 bits per heavy atom. The number of aromatic amines is 1. The molecule has 0 aliphatic heterocycles. The highest BCUT2D eigenvalue weighted by Crippen LogP contribution is 2.24. The van der Waals surface area contributed by atoms with E-state index in [0.29, 0.717) is 13.1 Å². The molecule has 5 heteroatoms. The molecule has 0 amide bonds. The maximum Gasteiger partial charge on any atom is 0.152 e. The highest BCUT2D eigenvalue weighted by Gasteiger charge is 2.26. The first-order valence-corrected chi connectivity index (χ1v) is 7.46. The second-order valence-corrected chi connectivity index (χ2v) is 5.95. The standard InChI is InChI=1S/C16H25N3O2/c1-5-11(2)16(4,20)10-17-8-13-9-18-19-15(13)14-7-6-12(3)21-14/h6-7,9,11,17,20H,5,8,10H2,1-4H3,(H,18,19). The van der Waals surface area contributed by atoms with Crippen molar-refractivity contribution in [3.05, 3.63) is 29.7 Å². The lowest BCUT2D eigenvalue weighted by Gasteiger charge is -2.29. The van der Waals surface area contributed by atoms with Gasteiger partial charge in [0.15, 0.2) is 5.76 Å². The van der Waals surface area contributed by atoms with Crippen LogP contribution in [0.15, 0.2) is 22.7 Å². The van der Waals surface area contributed by atoms with Crippen molar-refractivity contribution in [1.29, 1.82) is 0 Å². The monoisotopic (exact) mass is 291 g/mol. The zero-order valence-corrected chi connectivity index (χ0v) is 13.2. The summed E-state index contributed by atoms with van der Waals surface area (Å²) in [5.74, 6) is 1.91. The van der Waals surface area contributed by atoms with Crippen LogP contribution in [0.25, 0.3) is 11.5 Å². The molecule has 21 heavy (non-hydrogen) atoms. The Morgan fingerprint density at radius 3 is 2.86 bits per heavy atom. The summed E-state index contributed by atoms with van der Waals surface area (Å²) in [5, 5.41) is 20.8. The Morgan fingerprint density at radius 1 is 1.48 bits per heavy atom. The van der Waals surface area contributed by atoms with E-state index in [0.717, 1.165) is 29.2 Å². The molecule has 3 N–H and O–H groups in total. The molecule has 0 fully saturated rings. The summed E-state index contributed by atoms with van der Waals surface area (Å²) in [7, 11) is 0. The predicted molar refractivity (Wildman–Crippen MR) is 82.8 cm³/mol. The van der Waals surface area contributed by atoms with Crippen molar-refractivity contribution in [2.24, 2.45) is 5.92 Å². The van der Waals surface area contributed by atoms with Gasteiger partial charge in [-0.15, -0.1) is 0 Å². The maximum absolute atomic E-state index is 10.4. The second-order valence-electron chi connectivity index (χ2n) is 5.95. The molecule has 0 saturated heterocycles. The molecule has 0 bridgehead atoms. The third-order valence-corrected chi connectivity index (χ3v) is 4.18. The normalized spacial score (nSPS) is 15.9. The van der Waals surface area contributed by atoms with Crippen LogP contribution in [-0.2, 0) is 6.54 Å². The number of H-pyrrole nitrogens is 1. The number of hydrogen-bond donors (Lipinski definition) is 3. The largest absolute Gasteiger partial charge is 0.460 e. The lowest BCUT2D eigenvalue weighted by Crippen LogP contribution is -2.42. The summed E-state index contributed by atoms with van der Waals surface area (Å²) in [6, 6.07) is 3.86. The van der Waals surface area contributed by atoms with Crippen molar-refractivity contribution in [2.75, 3.05) is 6.54 Å². The minimum Gasteiger partial charge on any atom is -0.460 e. The Hall–Kier alpha value is -1.59. The topological polar surface area (TPSA) is 74.1 Å². The number of aromatic nitrogens is 2. The molecule has 2 unspecified atom stereocenters. The van der Waals surface area contributed by atoms with Crippen LogP contribution in [0.5, 0.6) is 0 Å². The highest BCUT2D eigenvalue weighted by molar-refractivity contribution is 5.56. The minimum absolute atomic E-state index is 0.251. The number of rotatable bonds is 7. The number of furan rings is 1. The zero-order chi connectivity index (χ0) is 15.5. The Labute approximate surface area is 125 Å². The van der Waals surface area contributed by atoms with Crippen molar-refractivity contribution in [1.82, 2.24) is 15.5 Å². The van der Waals surface area contributed by atoms with Crippen molar-refractivity contribution in [3.8, 4) is 11.5 Å². The van der Waals surface area contributed by atoms with E-state index in [2.05, 4.69) is 29.4 Å². The third kappa shape index (κ3) is 3.74. The SMILES string of the molecule is CCC(C)C(C)(O)CNCc1cn[nH]c1-c1ccc(C)o1. The van der Waals surface area contributed by atoms with E-state index in [-0.39, 0.29) is 5.92 Å². The van der Waals surface area contributed by atoms with Crippen LogP contribution >= 0.6 is 0 Å². The van der Waals surface area contributed by atoms with Crippen molar-refractivity contribution in [2.45, 2.75) is 46.3 Å². The van der Waals surface area contributed by atoms with Crippen molar-refractivity contribution < 1.29 is 9.52 Å². The van der Waals surface area contributed by atoms with Gasteiger partial charge in [0, 0.05) is 18.7 Å². The Bertz CT molecular complexity index is 572. The van der Waals surface area contributed by atoms with Crippen LogP contribution in [0, 0.1) is 12.8 Å². The molecule has 2 atom stereocenters. The number of hydrogen-bond acceptors (Lipinski definition) is 4. The van der Waals surface area contributed by atoms with Crippen LogP contribution in [0.3, 0.4) is 0 Å². The number of aryl methyl sites for hydroxylation is 1. The number of aliphatic hydroxyl groups is 1. The predicted octanol–water partition coefficient (Wildman–Crippen LogP) is 2.86. The highest BCUT2D eigenvalue weighted by atomic mass is 16.3. The van der Waals surface area contributed by atoms with Gasteiger partial charge in [0.25, 0.3) is 0 Å². The van der Waals surface area contributed by atoms with Gasteiger partial charge in [-0.2, -0.15) is 5.10 Å². The lowest BCUT2D eigenvalue weighted by atomic mass is 9.88. The van der Waals surface area contributed by atoms with E-state index in [1.54, 1.807) is 6.20 Å². The molecule has 2 aromatic rings. The van der Waals surface area contributed by atoms with Gasteiger partial charge in [-0.1, -0.05) is 20.3 Å². The molecule has 2 rings (SSSR count). The summed E-state index contributed by atoms with van der Waals surface area (Å²) in [5.41, 5.74) is 1.21. The van der Waals surface area contributed by atoms with E-state index >= 15 is 0 Å². The third-order valence-electron chi connectivity index (χ3n) is 4.18. The maximum atomic E-state index is 10.4. The molecular weight excluding hydrogens is 266 g/mol. The van der Waals surface area contributed by atoms with Gasteiger partial charge in [0.2, 0.25) is 0 Å². The average molecular weight is 291 g/mol. The van der Waals surface area contributed by atoms with E-state index in [9.17, 15) is 5.11 Å². The summed E-state index contributed by atoms with van der Waals surface area (Å²) in [4.78, 5) is 0. The molecule has 2 aromatic heterocycles. The van der Waals surface area contributed by atoms with Gasteiger partial charge >= 0.3 is 0 Å². The van der Waals surface area contributed by atoms with Crippen LogP contribution in [0.2, 0.25) is 0 Å². The van der Waals surface area contributed by atoms with Crippen LogP contribution in [0.1, 0.15) is 38.5 Å².